The largest absolute Gasteiger partial charge is 0.363 e. The summed E-state index contributed by atoms with van der Waals surface area (Å²) >= 11 is 0. The van der Waals surface area contributed by atoms with Gasteiger partial charge in [0.05, 0.1) is 4.92 Å². The van der Waals surface area contributed by atoms with E-state index in [9.17, 15) is 14.9 Å². The van der Waals surface area contributed by atoms with Crippen LogP contribution in [-0.4, -0.2) is 52.8 Å². The molecule has 0 aromatic carbocycles. The molecule has 21 heavy (non-hydrogen) atoms. The van der Waals surface area contributed by atoms with Gasteiger partial charge >= 0.3 is 11.7 Å². The number of urea groups is 1. The van der Waals surface area contributed by atoms with Crippen LogP contribution in [0.4, 0.5) is 16.3 Å². The molecule has 0 fully saturated rings. The van der Waals surface area contributed by atoms with E-state index in [4.69, 9.17) is 0 Å². The Morgan fingerprint density at radius 1 is 1.43 bits per heavy atom. The maximum absolute atomic E-state index is 11.3. The lowest BCUT2D eigenvalue weighted by Crippen LogP contribution is -2.37. The molecule has 0 spiro atoms. The van der Waals surface area contributed by atoms with E-state index in [1.807, 2.05) is 6.92 Å². The highest BCUT2D eigenvalue weighted by atomic mass is 16.6. The summed E-state index contributed by atoms with van der Waals surface area (Å²) in [5, 5.41) is 21.0. The molecule has 9 nitrogen and oxygen atoms in total. The van der Waals surface area contributed by atoms with Crippen LogP contribution >= 0.6 is 0 Å². The van der Waals surface area contributed by atoms with E-state index in [0.717, 1.165) is 6.42 Å². The monoisotopic (exact) mass is 298 g/mol. The van der Waals surface area contributed by atoms with Crippen LogP contribution in [0.2, 0.25) is 0 Å². The van der Waals surface area contributed by atoms with Gasteiger partial charge in [-0.05, 0) is 6.42 Å². The molecule has 1 heterocycles. The molecule has 2 amide bonds. The normalized spacial score (nSPS) is 10.3. The molecule has 0 bridgehead atoms. The van der Waals surface area contributed by atoms with Crippen LogP contribution in [0, 0.1) is 10.1 Å². The van der Waals surface area contributed by atoms with E-state index in [-0.39, 0.29) is 11.7 Å². The van der Waals surface area contributed by atoms with Gasteiger partial charge in [-0.2, -0.15) is 5.10 Å². The van der Waals surface area contributed by atoms with E-state index in [1.54, 1.807) is 21.1 Å². The van der Waals surface area contributed by atoms with Crippen LogP contribution in [-0.2, 0) is 13.5 Å². The van der Waals surface area contributed by atoms with E-state index in [0.29, 0.717) is 31.0 Å². The minimum Gasteiger partial charge on any atom is -0.363 e. The first-order chi connectivity index (χ1) is 9.88. The molecule has 0 atom stereocenters. The molecule has 2 N–H and O–H groups in total. The number of aromatic nitrogens is 2. The lowest BCUT2D eigenvalue weighted by atomic mass is 10.2. The van der Waals surface area contributed by atoms with Crippen molar-refractivity contribution in [1.82, 2.24) is 20.0 Å². The molecular formula is C12H22N6O3. The predicted octanol–water partition coefficient (Wildman–Crippen LogP) is 0.964. The Morgan fingerprint density at radius 2 is 2.10 bits per heavy atom. The first-order valence-corrected chi connectivity index (χ1v) is 6.77. The van der Waals surface area contributed by atoms with Crippen molar-refractivity contribution in [3.63, 3.8) is 0 Å². The SMILES string of the molecule is CCCc1nn(C)c(NCCNC(=O)N(C)C)c1[N+](=O)[O-]. The van der Waals surface area contributed by atoms with Crippen molar-refractivity contribution in [1.29, 1.82) is 0 Å². The van der Waals surface area contributed by atoms with Gasteiger partial charge in [0.15, 0.2) is 0 Å². The number of nitro groups is 1. The number of carbonyl (C=O) groups excluding carboxylic acids is 1. The van der Waals surface area contributed by atoms with Gasteiger partial charge in [0, 0.05) is 34.2 Å². The van der Waals surface area contributed by atoms with Crippen LogP contribution in [0.5, 0.6) is 0 Å². The maximum atomic E-state index is 11.3. The van der Waals surface area contributed by atoms with Crippen LogP contribution in [0.1, 0.15) is 19.0 Å². The highest BCUT2D eigenvalue weighted by molar-refractivity contribution is 5.73. The van der Waals surface area contributed by atoms with E-state index in [2.05, 4.69) is 15.7 Å². The van der Waals surface area contributed by atoms with Gasteiger partial charge in [-0.1, -0.05) is 13.3 Å². The number of nitrogens with zero attached hydrogens (tertiary/aromatic N) is 4. The summed E-state index contributed by atoms with van der Waals surface area (Å²) in [5.41, 5.74) is 0.489. The summed E-state index contributed by atoms with van der Waals surface area (Å²) in [7, 11) is 4.95. The van der Waals surface area contributed by atoms with Crippen molar-refractivity contribution in [2.45, 2.75) is 19.8 Å². The van der Waals surface area contributed by atoms with Crippen LogP contribution < -0.4 is 10.6 Å². The van der Waals surface area contributed by atoms with E-state index >= 15 is 0 Å². The van der Waals surface area contributed by atoms with Gasteiger partial charge in [0.25, 0.3) is 0 Å². The van der Waals surface area contributed by atoms with Crippen molar-refractivity contribution >= 4 is 17.5 Å². The summed E-state index contributed by atoms with van der Waals surface area (Å²) in [6.45, 7) is 2.69. The molecule has 118 valence electrons. The number of hydrogen-bond acceptors (Lipinski definition) is 5. The zero-order valence-electron chi connectivity index (χ0n) is 12.8. The summed E-state index contributed by atoms with van der Waals surface area (Å²) < 4.78 is 1.47. The minimum absolute atomic E-state index is 0.0123. The number of anilines is 1. The quantitative estimate of drug-likeness (QED) is 0.443. The molecule has 0 aliphatic heterocycles. The molecule has 9 heteroatoms. The molecule has 1 rings (SSSR count). The first kappa shape index (κ1) is 16.7. The molecular weight excluding hydrogens is 276 g/mol. The van der Waals surface area contributed by atoms with E-state index in [1.165, 1.54) is 9.58 Å². The third-order valence-electron chi connectivity index (χ3n) is 2.86. The second-order valence-corrected chi connectivity index (χ2v) is 4.83. The van der Waals surface area contributed by atoms with Crippen molar-refractivity contribution in [3.05, 3.63) is 15.8 Å². The maximum Gasteiger partial charge on any atom is 0.333 e. The Kier molecular flexibility index (Phi) is 5.94. The van der Waals surface area contributed by atoms with Crippen molar-refractivity contribution in [2.75, 3.05) is 32.5 Å². The average molecular weight is 298 g/mol. The number of aryl methyl sites for hydroxylation is 2. The molecule has 1 aromatic rings. The molecule has 1 aromatic heterocycles. The fourth-order valence-electron chi connectivity index (χ4n) is 1.87. The second kappa shape index (κ2) is 7.46. The first-order valence-electron chi connectivity index (χ1n) is 6.77. The summed E-state index contributed by atoms with van der Waals surface area (Å²) in [6, 6.07) is -0.206. The zero-order chi connectivity index (χ0) is 16.0. The summed E-state index contributed by atoms with van der Waals surface area (Å²) in [5.74, 6) is 0.363. The number of rotatable bonds is 7. The Hall–Kier alpha value is -2.32. The Morgan fingerprint density at radius 3 is 2.62 bits per heavy atom. The molecule has 0 saturated heterocycles. The van der Waals surface area contributed by atoms with Crippen LogP contribution in [0.15, 0.2) is 0 Å². The van der Waals surface area contributed by atoms with Gasteiger partial charge in [-0.25, -0.2) is 9.48 Å². The lowest BCUT2D eigenvalue weighted by molar-refractivity contribution is -0.384. The second-order valence-electron chi connectivity index (χ2n) is 4.83. The third-order valence-corrected chi connectivity index (χ3v) is 2.86. The molecule has 0 aliphatic rings. The minimum atomic E-state index is -0.418. The van der Waals surface area contributed by atoms with Gasteiger partial charge in [0.2, 0.25) is 5.82 Å². The van der Waals surface area contributed by atoms with Crippen LogP contribution in [0.3, 0.4) is 0 Å². The summed E-state index contributed by atoms with van der Waals surface area (Å²) in [6.07, 6.45) is 1.35. The van der Waals surface area contributed by atoms with Gasteiger partial charge in [-0.3, -0.25) is 10.1 Å². The number of amides is 2. The molecule has 0 radical (unpaired) electrons. The zero-order valence-corrected chi connectivity index (χ0v) is 12.8. The third kappa shape index (κ3) is 4.33. The standard InChI is InChI=1S/C12H22N6O3/c1-5-6-9-10(18(20)21)11(17(4)15-9)13-7-8-14-12(19)16(2)3/h13H,5-8H2,1-4H3,(H,14,19). The van der Waals surface area contributed by atoms with E-state index < -0.39 is 4.92 Å². The van der Waals surface area contributed by atoms with Gasteiger partial charge in [-0.15, -0.1) is 0 Å². The average Bonchev–Trinajstić information content (AvgIpc) is 2.71. The molecule has 0 aliphatic carbocycles. The highest BCUT2D eigenvalue weighted by Crippen LogP contribution is 2.28. The van der Waals surface area contributed by atoms with Crippen molar-refractivity contribution < 1.29 is 9.72 Å². The van der Waals surface area contributed by atoms with Gasteiger partial charge in [0.1, 0.15) is 5.69 Å². The molecule has 0 saturated carbocycles. The fourth-order valence-corrected chi connectivity index (χ4v) is 1.87. The predicted molar refractivity (Wildman–Crippen MR) is 79.4 cm³/mol. The highest BCUT2D eigenvalue weighted by Gasteiger charge is 2.25. The number of carbonyl (C=O) groups is 1. The summed E-state index contributed by atoms with van der Waals surface area (Å²) in [4.78, 5) is 23.5. The Balaban J connectivity index is 2.70. The number of hydrogen-bond donors (Lipinski definition) is 2. The smallest absolute Gasteiger partial charge is 0.333 e. The Labute approximate surface area is 123 Å². The van der Waals surface area contributed by atoms with Crippen molar-refractivity contribution in [3.8, 4) is 0 Å². The van der Waals surface area contributed by atoms with Crippen molar-refractivity contribution in [2.24, 2.45) is 7.05 Å². The van der Waals surface area contributed by atoms with Crippen LogP contribution in [0.25, 0.3) is 0 Å². The lowest BCUT2D eigenvalue weighted by Gasteiger charge is -2.12. The number of nitrogens with one attached hydrogen (secondary N) is 2. The molecule has 0 unspecified atom stereocenters. The Bertz CT molecular complexity index is 511. The van der Waals surface area contributed by atoms with Gasteiger partial charge < -0.3 is 15.5 Å². The topological polar surface area (TPSA) is 105 Å². The fraction of sp³-hybridized carbons (Fsp3) is 0.667.